The molecule has 3 rings (SSSR count). The second-order valence-corrected chi connectivity index (χ2v) is 11.2. The Morgan fingerprint density at radius 1 is 1.16 bits per heavy atom. The Balaban J connectivity index is 1.77. The molecule has 0 saturated carbocycles. The van der Waals surface area contributed by atoms with Gasteiger partial charge in [0.05, 0.1) is 24.1 Å². The zero-order valence-electron chi connectivity index (χ0n) is 18.8. The van der Waals surface area contributed by atoms with Gasteiger partial charge in [-0.05, 0) is 55.9 Å². The molecule has 174 valence electrons. The van der Waals surface area contributed by atoms with Crippen LogP contribution in [0.3, 0.4) is 0 Å². The van der Waals surface area contributed by atoms with Gasteiger partial charge in [0.2, 0.25) is 15.9 Å². The third-order valence-corrected chi connectivity index (χ3v) is 8.51. The van der Waals surface area contributed by atoms with Crippen molar-refractivity contribution >= 4 is 43.9 Å². The SMILES string of the molecule is COC(=O)c1c(NC(=O)CNc2cc(S(=O)(=O)N(C)C)ccc2C)sc2c1CCCCC2. The number of hydrogen-bond acceptors (Lipinski definition) is 7. The van der Waals surface area contributed by atoms with Gasteiger partial charge in [-0.25, -0.2) is 17.5 Å². The molecule has 8 nitrogen and oxygen atoms in total. The lowest BCUT2D eigenvalue weighted by Gasteiger charge is -2.15. The average Bonchev–Trinajstić information content (AvgIpc) is 2.92. The molecule has 2 aromatic rings. The maximum Gasteiger partial charge on any atom is 0.341 e. The van der Waals surface area contributed by atoms with Crippen LogP contribution in [0.5, 0.6) is 0 Å². The largest absolute Gasteiger partial charge is 0.465 e. The first-order valence-corrected chi connectivity index (χ1v) is 12.7. The quantitative estimate of drug-likeness (QED) is 0.466. The number of carbonyl (C=O) groups excluding carboxylic acids is 2. The minimum atomic E-state index is -3.58. The number of aryl methyl sites for hydroxylation is 2. The molecule has 2 N–H and O–H groups in total. The Bertz CT molecular complexity index is 1120. The van der Waals surface area contributed by atoms with Crippen LogP contribution in [0.15, 0.2) is 23.1 Å². The number of benzene rings is 1. The number of carbonyl (C=O) groups is 2. The summed E-state index contributed by atoms with van der Waals surface area (Å²) in [5.41, 5.74) is 2.81. The predicted molar refractivity (Wildman–Crippen MR) is 126 cm³/mol. The van der Waals surface area contributed by atoms with Crippen LogP contribution in [0.1, 0.15) is 45.6 Å². The van der Waals surface area contributed by atoms with E-state index in [1.54, 1.807) is 6.07 Å². The fourth-order valence-corrected chi connectivity index (χ4v) is 5.88. The van der Waals surface area contributed by atoms with Crippen molar-refractivity contribution in [2.75, 3.05) is 38.4 Å². The number of fused-ring (bicyclic) bond motifs is 1. The molecule has 0 unspecified atom stereocenters. The van der Waals surface area contributed by atoms with Crippen molar-refractivity contribution in [1.29, 1.82) is 0 Å². The maximum atomic E-state index is 12.7. The summed E-state index contributed by atoms with van der Waals surface area (Å²) >= 11 is 1.44. The van der Waals surface area contributed by atoms with Crippen molar-refractivity contribution in [3.8, 4) is 0 Å². The van der Waals surface area contributed by atoms with E-state index in [-0.39, 0.29) is 17.3 Å². The van der Waals surface area contributed by atoms with Gasteiger partial charge in [-0.1, -0.05) is 12.5 Å². The van der Waals surface area contributed by atoms with E-state index >= 15 is 0 Å². The summed E-state index contributed by atoms with van der Waals surface area (Å²) in [6.07, 6.45) is 4.89. The van der Waals surface area contributed by atoms with Crippen LogP contribution in [-0.4, -0.2) is 52.3 Å². The van der Waals surface area contributed by atoms with Crippen molar-refractivity contribution in [2.24, 2.45) is 0 Å². The molecule has 0 spiro atoms. The number of amides is 1. The molecule has 10 heteroatoms. The van der Waals surface area contributed by atoms with Gasteiger partial charge in [-0.3, -0.25) is 4.79 Å². The maximum absolute atomic E-state index is 12.7. The number of nitrogens with one attached hydrogen (secondary N) is 2. The number of esters is 1. The monoisotopic (exact) mass is 479 g/mol. The summed E-state index contributed by atoms with van der Waals surface area (Å²) < 4.78 is 30.9. The topological polar surface area (TPSA) is 105 Å². The highest BCUT2D eigenvalue weighted by Gasteiger charge is 2.26. The molecule has 1 aliphatic carbocycles. The normalized spacial score (nSPS) is 13.9. The van der Waals surface area contributed by atoms with Gasteiger partial charge in [0.25, 0.3) is 0 Å². The standard InChI is InChI=1S/C22H29N3O5S2/c1-14-10-11-15(32(28,29)25(2)3)12-17(14)23-13-19(26)24-21-20(22(27)30-4)16-8-6-5-7-9-18(16)31-21/h10-12,23H,5-9,13H2,1-4H3,(H,24,26). The van der Waals surface area contributed by atoms with Gasteiger partial charge in [0.15, 0.2) is 0 Å². The van der Waals surface area contributed by atoms with Crippen molar-refractivity contribution in [2.45, 2.75) is 43.9 Å². The number of thiophene rings is 1. The summed E-state index contributed by atoms with van der Waals surface area (Å²) in [5.74, 6) is -0.767. The smallest absolute Gasteiger partial charge is 0.341 e. The van der Waals surface area contributed by atoms with E-state index < -0.39 is 16.0 Å². The second kappa shape index (κ2) is 10.0. The highest BCUT2D eigenvalue weighted by molar-refractivity contribution is 7.89. The number of hydrogen-bond donors (Lipinski definition) is 2. The molecule has 0 aliphatic heterocycles. The van der Waals surface area contributed by atoms with Gasteiger partial charge in [-0.15, -0.1) is 11.3 Å². The number of methoxy groups -OCH3 is 1. The van der Waals surface area contributed by atoms with Crippen molar-refractivity contribution in [1.82, 2.24) is 4.31 Å². The van der Waals surface area contributed by atoms with Crippen molar-refractivity contribution in [3.63, 3.8) is 0 Å². The van der Waals surface area contributed by atoms with E-state index in [0.29, 0.717) is 16.3 Å². The first-order valence-electron chi connectivity index (χ1n) is 10.4. The summed E-state index contributed by atoms with van der Waals surface area (Å²) in [6.45, 7) is 1.76. The van der Waals surface area contributed by atoms with Crippen LogP contribution in [0.25, 0.3) is 0 Å². The molecule has 1 aliphatic rings. The van der Waals surface area contributed by atoms with Gasteiger partial charge in [0.1, 0.15) is 5.00 Å². The van der Waals surface area contributed by atoms with Gasteiger partial charge < -0.3 is 15.4 Å². The first kappa shape index (κ1) is 24.2. The molecule has 0 radical (unpaired) electrons. The number of anilines is 2. The molecule has 1 heterocycles. The third-order valence-electron chi connectivity index (χ3n) is 5.49. The highest BCUT2D eigenvalue weighted by Crippen LogP contribution is 2.38. The van der Waals surface area contributed by atoms with E-state index in [1.807, 2.05) is 6.92 Å². The molecular formula is C22H29N3O5S2. The first-order chi connectivity index (χ1) is 15.1. The fourth-order valence-electron chi connectivity index (χ4n) is 3.66. The van der Waals surface area contributed by atoms with E-state index in [0.717, 1.165) is 52.4 Å². The zero-order valence-corrected chi connectivity index (χ0v) is 20.4. The molecular weight excluding hydrogens is 450 g/mol. The molecule has 1 amide bonds. The van der Waals surface area contributed by atoms with Crippen LogP contribution in [0.4, 0.5) is 10.7 Å². The fraction of sp³-hybridized carbons (Fsp3) is 0.455. The number of nitrogens with zero attached hydrogens (tertiary/aromatic N) is 1. The molecule has 1 aromatic carbocycles. The predicted octanol–water partition coefficient (Wildman–Crippen LogP) is 3.41. The summed E-state index contributed by atoms with van der Waals surface area (Å²) in [5, 5.41) is 6.37. The molecule has 0 fully saturated rings. The molecule has 0 bridgehead atoms. The van der Waals surface area contributed by atoms with E-state index in [4.69, 9.17) is 4.74 Å². The molecule has 1 aromatic heterocycles. The Labute approximate surface area is 193 Å². The zero-order chi connectivity index (χ0) is 23.5. The number of sulfonamides is 1. The lowest BCUT2D eigenvalue weighted by molar-refractivity contribution is -0.114. The summed E-state index contributed by atoms with van der Waals surface area (Å²) in [4.78, 5) is 26.4. The minimum Gasteiger partial charge on any atom is -0.465 e. The van der Waals surface area contributed by atoms with Crippen LogP contribution in [0.2, 0.25) is 0 Å². The minimum absolute atomic E-state index is 0.0739. The van der Waals surface area contributed by atoms with E-state index in [9.17, 15) is 18.0 Å². The van der Waals surface area contributed by atoms with Crippen LogP contribution < -0.4 is 10.6 Å². The Morgan fingerprint density at radius 2 is 1.88 bits per heavy atom. The Morgan fingerprint density at radius 3 is 2.56 bits per heavy atom. The van der Waals surface area contributed by atoms with Gasteiger partial charge >= 0.3 is 5.97 Å². The van der Waals surface area contributed by atoms with Crippen LogP contribution in [-0.2, 0) is 32.4 Å². The van der Waals surface area contributed by atoms with Crippen LogP contribution >= 0.6 is 11.3 Å². The van der Waals surface area contributed by atoms with Crippen molar-refractivity contribution in [3.05, 3.63) is 39.8 Å². The average molecular weight is 480 g/mol. The van der Waals surface area contributed by atoms with E-state index in [2.05, 4.69) is 10.6 Å². The number of rotatable bonds is 7. The molecule has 32 heavy (non-hydrogen) atoms. The van der Waals surface area contributed by atoms with Crippen LogP contribution in [0, 0.1) is 6.92 Å². The summed E-state index contributed by atoms with van der Waals surface area (Å²) in [7, 11) is 0.697. The molecule has 0 saturated heterocycles. The Kier molecular flexibility index (Phi) is 7.58. The van der Waals surface area contributed by atoms with Gasteiger partial charge in [0, 0.05) is 24.7 Å². The summed E-state index contributed by atoms with van der Waals surface area (Å²) in [6, 6.07) is 4.75. The highest BCUT2D eigenvalue weighted by atomic mass is 32.2. The van der Waals surface area contributed by atoms with Gasteiger partial charge in [-0.2, -0.15) is 0 Å². The van der Waals surface area contributed by atoms with Crippen molar-refractivity contribution < 1.29 is 22.7 Å². The third kappa shape index (κ3) is 5.13. The lowest BCUT2D eigenvalue weighted by Crippen LogP contribution is -2.24. The second-order valence-electron chi connectivity index (χ2n) is 7.93. The lowest BCUT2D eigenvalue weighted by atomic mass is 10.1. The Hall–Kier alpha value is -2.43. The van der Waals surface area contributed by atoms with E-state index in [1.165, 1.54) is 44.7 Å². The molecule has 0 atom stereocenters. The number of ether oxygens (including phenoxy) is 1.